The molecule has 0 spiro atoms. The lowest BCUT2D eigenvalue weighted by Crippen LogP contribution is -2.15. The number of ether oxygens (including phenoxy) is 1. The zero-order chi connectivity index (χ0) is 21.7. The van der Waals surface area contributed by atoms with Crippen LogP contribution in [-0.4, -0.2) is 33.7 Å². The van der Waals surface area contributed by atoms with Crippen molar-refractivity contribution < 1.29 is 19.4 Å². The summed E-state index contributed by atoms with van der Waals surface area (Å²) in [5, 5.41) is 9.76. The maximum absolute atomic E-state index is 12.3. The molecule has 3 N–H and O–H groups in total. The number of carbonyl (C=O) groups is 2. The number of anilines is 1. The number of nitrogens with zero attached hydrogens (tertiary/aromatic N) is 2. The van der Waals surface area contributed by atoms with Crippen LogP contribution in [0.25, 0.3) is 11.1 Å². The van der Waals surface area contributed by atoms with Crippen molar-refractivity contribution >= 4 is 17.8 Å². The van der Waals surface area contributed by atoms with Crippen LogP contribution in [0.5, 0.6) is 0 Å². The lowest BCUT2D eigenvalue weighted by molar-refractivity contribution is 0.0589. The molecule has 0 amide bonds. The second-order valence-corrected chi connectivity index (χ2v) is 6.99. The van der Waals surface area contributed by atoms with E-state index in [1.807, 2.05) is 36.4 Å². The molecule has 0 saturated carbocycles. The van der Waals surface area contributed by atoms with Crippen LogP contribution < -0.4 is 5.73 Å². The molecule has 0 fully saturated rings. The second-order valence-electron chi connectivity index (χ2n) is 6.99. The number of aromatic nitrogens is 2. The van der Waals surface area contributed by atoms with Gasteiger partial charge in [0, 0.05) is 13.0 Å². The van der Waals surface area contributed by atoms with Gasteiger partial charge in [0.25, 0.3) is 0 Å². The number of aryl methyl sites for hydroxylation is 1. The second kappa shape index (κ2) is 9.26. The summed E-state index contributed by atoms with van der Waals surface area (Å²) in [6.07, 6.45) is 2.52. The van der Waals surface area contributed by atoms with Crippen molar-refractivity contribution in [2.45, 2.75) is 32.7 Å². The number of aromatic carboxylic acids is 1. The number of rotatable bonds is 8. The van der Waals surface area contributed by atoms with E-state index in [4.69, 9.17) is 10.5 Å². The molecule has 30 heavy (non-hydrogen) atoms. The molecule has 0 aliphatic rings. The first-order valence-corrected chi connectivity index (χ1v) is 9.81. The van der Waals surface area contributed by atoms with E-state index in [1.165, 1.54) is 7.11 Å². The molecular weight excluding hydrogens is 382 g/mol. The smallest absolute Gasteiger partial charge is 0.358 e. The number of nitrogen functional groups attached to an aromatic ring is 1. The Hall–Kier alpha value is -3.61. The molecule has 1 heterocycles. The van der Waals surface area contributed by atoms with E-state index in [0.717, 1.165) is 24.0 Å². The molecule has 0 atom stereocenters. The van der Waals surface area contributed by atoms with Crippen molar-refractivity contribution in [3.05, 3.63) is 71.2 Å². The van der Waals surface area contributed by atoms with Crippen LogP contribution in [0, 0.1) is 0 Å². The predicted octanol–water partition coefficient (Wildman–Crippen LogP) is 4.01. The lowest BCUT2D eigenvalue weighted by atomic mass is 9.97. The first kappa shape index (κ1) is 21.1. The van der Waals surface area contributed by atoms with Crippen molar-refractivity contribution in [2.75, 3.05) is 12.8 Å². The fourth-order valence-corrected chi connectivity index (χ4v) is 3.45. The third-order valence-electron chi connectivity index (χ3n) is 4.95. The first-order valence-electron chi connectivity index (χ1n) is 9.81. The van der Waals surface area contributed by atoms with Gasteiger partial charge < -0.3 is 20.1 Å². The standard InChI is InChI=1S/C23H25N3O4/c1-3-4-10-19-25-21(24)20(23(29)30-2)26(19)14-15-11-12-17(18(13-15)22(27)28)16-8-6-5-7-9-16/h5-9,11-13H,3-4,10,14,24H2,1-2H3,(H,27,28). The van der Waals surface area contributed by atoms with Crippen molar-refractivity contribution in [3.63, 3.8) is 0 Å². The highest BCUT2D eigenvalue weighted by atomic mass is 16.5. The van der Waals surface area contributed by atoms with Gasteiger partial charge in [0.05, 0.1) is 12.7 Å². The average Bonchev–Trinajstić information content (AvgIpc) is 3.06. The molecule has 156 valence electrons. The van der Waals surface area contributed by atoms with Crippen LogP contribution in [-0.2, 0) is 17.7 Å². The van der Waals surface area contributed by atoms with Gasteiger partial charge in [0.1, 0.15) is 5.82 Å². The number of hydrogen-bond donors (Lipinski definition) is 2. The molecule has 0 saturated heterocycles. The van der Waals surface area contributed by atoms with E-state index in [0.29, 0.717) is 17.8 Å². The SMILES string of the molecule is CCCCc1nc(N)c(C(=O)OC)n1Cc1ccc(-c2ccccc2)c(C(=O)O)c1. The summed E-state index contributed by atoms with van der Waals surface area (Å²) in [5.74, 6) is -0.784. The van der Waals surface area contributed by atoms with Gasteiger partial charge in [-0.05, 0) is 29.2 Å². The van der Waals surface area contributed by atoms with Gasteiger partial charge in [-0.2, -0.15) is 0 Å². The highest BCUT2D eigenvalue weighted by molar-refractivity contribution is 5.96. The fraction of sp³-hybridized carbons (Fsp3) is 0.261. The number of nitrogens with two attached hydrogens (primary N) is 1. The monoisotopic (exact) mass is 407 g/mol. The first-order chi connectivity index (χ1) is 14.5. The molecule has 7 heteroatoms. The Labute approximate surface area is 175 Å². The number of esters is 1. The molecule has 2 aromatic carbocycles. The minimum absolute atomic E-state index is 0.118. The molecule has 7 nitrogen and oxygen atoms in total. The van der Waals surface area contributed by atoms with Crippen LogP contribution >= 0.6 is 0 Å². The zero-order valence-corrected chi connectivity index (χ0v) is 17.1. The van der Waals surface area contributed by atoms with Crippen LogP contribution in [0.4, 0.5) is 5.82 Å². The number of methoxy groups -OCH3 is 1. The third-order valence-corrected chi connectivity index (χ3v) is 4.95. The normalized spacial score (nSPS) is 10.7. The van der Waals surface area contributed by atoms with Crippen LogP contribution in [0.2, 0.25) is 0 Å². The number of unbranched alkanes of at least 4 members (excludes halogenated alkanes) is 1. The van der Waals surface area contributed by atoms with Crippen LogP contribution in [0.15, 0.2) is 48.5 Å². The Bertz CT molecular complexity index is 1060. The molecular formula is C23H25N3O4. The van der Waals surface area contributed by atoms with Gasteiger partial charge in [-0.15, -0.1) is 0 Å². The Morgan fingerprint density at radius 2 is 1.90 bits per heavy atom. The summed E-state index contributed by atoms with van der Waals surface area (Å²) < 4.78 is 6.60. The molecule has 0 radical (unpaired) electrons. The average molecular weight is 407 g/mol. The Morgan fingerprint density at radius 3 is 2.53 bits per heavy atom. The van der Waals surface area contributed by atoms with Gasteiger partial charge in [-0.1, -0.05) is 55.8 Å². The minimum atomic E-state index is -1.01. The number of benzene rings is 2. The Kier molecular flexibility index (Phi) is 6.51. The van der Waals surface area contributed by atoms with Crippen LogP contribution in [0.1, 0.15) is 52.0 Å². The fourth-order valence-electron chi connectivity index (χ4n) is 3.45. The van der Waals surface area contributed by atoms with Crippen molar-refractivity contribution in [1.29, 1.82) is 0 Å². The molecule has 3 aromatic rings. The summed E-state index contributed by atoms with van der Waals surface area (Å²) in [6, 6.07) is 14.6. The van der Waals surface area contributed by atoms with Crippen LogP contribution in [0.3, 0.4) is 0 Å². The van der Waals surface area contributed by atoms with Gasteiger partial charge in [-0.3, -0.25) is 0 Å². The lowest BCUT2D eigenvalue weighted by Gasteiger charge is -2.13. The summed E-state index contributed by atoms with van der Waals surface area (Å²) in [4.78, 5) is 28.6. The predicted molar refractivity (Wildman–Crippen MR) is 115 cm³/mol. The summed E-state index contributed by atoms with van der Waals surface area (Å²) in [6.45, 7) is 2.34. The van der Waals surface area contributed by atoms with Gasteiger partial charge >= 0.3 is 11.9 Å². The Morgan fingerprint density at radius 1 is 1.17 bits per heavy atom. The molecule has 0 aliphatic heterocycles. The number of hydrogen-bond acceptors (Lipinski definition) is 5. The van der Waals surface area contributed by atoms with E-state index in [-0.39, 0.29) is 23.6 Å². The molecule has 1 aromatic heterocycles. The quantitative estimate of drug-likeness (QED) is 0.546. The largest absolute Gasteiger partial charge is 0.478 e. The van der Waals surface area contributed by atoms with E-state index in [1.54, 1.807) is 16.7 Å². The summed E-state index contributed by atoms with van der Waals surface area (Å²) in [7, 11) is 1.29. The number of carboxylic acid groups (broad SMARTS) is 1. The zero-order valence-electron chi connectivity index (χ0n) is 17.1. The van der Waals surface area contributed by atoms with E-state index < -0.39 is 11.9 Å². The molecule has 3 rings (SSSR count). The molecule has 0 unspecified atom stereocenters. The van der Waals surface area contributed by atoms with E-state index in [2.05, 4.69) is 11.9 Å². The third kappa shape index (κ3) is 4.35. The van der Waals surface area contributed by atoms with Crippen molar-refractivity contribution in [2.24, 2.45) is 0 Å². The molecule has 0 bridgehead atoms. The van der Waals surface area contributed by atoms with E-state index >= 15 is 0 Å². The maximum Gasteiger partial charge on any atom is 0.358 e. The maximum atomic E-state index is 12.3. The van der Waals surface area contributed by atoms with Gasteiger partial charge in [0.15, 0.2) is 11.5 Å². The summed E-state index contributed by atoms with van der Waals surface area (Å²) in [5.41, 5.74) is 8.57. The van der Waals surface area contributed by atoms with Crippen molar-refractivity contribution in [3.8, 4) is 11.1 Å². The minimum Gasteiger partial charge on any atom is -0.478 e. The number of carboxylic acids is 1. The Balaban J connectivity index is 2.05. The molecule has 0 aliphatic carbocycles. The number of carbonyl (C=O) groups excluding carboxylic acids is 1. The topological polar surface area (TPSA) is 107 Å². The van der Waals surface area contributed by atoms with Gasteiger partial charge in [0.2, 0.25) is 0 Å². The highest BCUT2D eigenvalue weighted by Crippen LogP contribution is 2.26. The summed E-state index contributed by atoms with van der Waals surface area (Å²) >= 11 is 0. The van der Waals surface area contributed by atoms with E-state index in [9.17, 15) is 14.7 Å². The highest BCUT2D eigenvalue weighted by Gasteiger charge is 2.23. The van der Waals surface area contributed by atoms with Crippen molar-refractivity contribution in [1.82, 2.24) is 9.55 Å². The van der Waals surface area contributed by atoms with Gasteiger partial charge in [-0.25, -0.2) is 14.6 Å². The number of imidazole rings is 1.